The molecular weight excluding hydrogens is 204 g/mol. The van der Waals surface area contributed by atoms with Gasteiger partial charge in [0.05, 0.1) is 12.7 Å². The van der Waals surface area contributed by atoms with Crippen molar-refractivity contribution in [2.75, 3.05) is 46.4 Å². The van der Waals surface area contributed by atoms with E-state index in [1.165, 1.54) is 25.9 Å². The number of hydrogen-bond donors (Lipinski definition) is 2. The van der Waals surface area contributed by atoms with Gasteiger partial charge < -0.3 is 20.1 Å². The van der Waals surface area contributed by atoms with Gasteiger partial charge in [-0.15, -0.1) is 0 Å². The van der Waals surface area contributed by atoms with E-state index in [9.17, 15) is 5.11 Å². The fraction of sp³-hybridized carbons (Fsp3) is 1.00. The molecule has 1 atom stereocenters. The zero-order valence-electron chi connectivity index (χ0n) is 10.6. The normalized spacial score (nSPS) is 21.2. The summed E-state index contributed by atoms with van der Waals surface area (Å²) < 4.78 is 5.16. The third-order valence-electron chi connectivity index (χ3n) is 3.17. The van der Waals surface area contributed by atoms with Crippen LogP contribution in [0.4, 0.5) is 0 Å². The summed E-state index contributed by atoms with van der Waals surface area (Å²) >= 11 is 0. The average molecular weight is 230 g/mol. The lowest BCUT2D eigenvalue weighted by molar-refractivity contribution is 0.0420. The van der Waals surface area contributed by atoms with E-state index in [0.29, 0.717) is 19.8 Å². The summed E-state index contributed by atoms with van der Waals surface area (Å²) in [6, 6.07) is 0. The second-order valence-electron chi connectivity index (χ2n) is 4.72. The first kappa shape index (κ1) is 13.9. The molecule has 0 amide bonds. The number of ether oxygens (including phenoxy) is 1. The molecule has 1 saturated heterocycles. The van der Waals surface area contributed by atoms with Crippen molar-refractivity contribution in [1.29, 1.82) is 0 Å². The second kappa shape index (κ2) is 8.01. The molecule has 1 aliphatic heterocycles. The van der Waals surface area contributed by atoms with Crippen molar-refractivity contribution in [3.63, 3.8) is 0 Å². The lowest BCUT2D eigenvalue weighted by Gasteiger charge is -2.29. The van der Waals surface area contributed by atoms with Crippen molar-refractivity contribution in [3.8, 4) is 0 Å². The van der Waals surface area contributed by atoms with Crippen LogP contribution in [0, 0.1) is 5.92 Å². The Labute approximate surface area is 99.0 Å². The van der Waals surface area contributed by atoms with Crippen molar-refractivity contribution in [1.82, 2.24) is 10.2 Å². The minimum atomic E-state index is -0.369. The van der Waals surface area contributed by atoms with E-state index in [1.807, 2.05) is 6.92 Å². The van der Waals surface area contributed by atoms with Gasteiger partial charge in [-0.1, -0.05) is 0 Å². The van der Waals surface area contributed by atoms with Crippen molar-refractivity contribution in [3.05, 3.63) is 0 Å². The SMILES string of the molecule is CCOCC(O)CNCC1CCN(C)CC1. The Kier molecular flexibility index (Phi) is 6.96. The van der Waals surface area contributed by atoms with E-state index in [0.717, 1.165) is 12.5 Å². The highest BCUT2D eigenvalue weighted by atomic mass is 16.5. The molecule has 4 nitrogen and oxygen atoms in total. The quantitative estimate of drug-likeness (QED) is 0.661. The first-order chi connectivity index (χ1) is 7.72. The van der Waals surface area contributed by atoms with Crippen LogP contribution in [-0.2, 0) is 4.74 Å². The molecule has 0 aliphatic carbocycles. The number of nitrogens with zero attached hydrogens (tertiary/aromatic N) is 1. The Morgan fingerprint density at radius 1 is 1.44 bits per heavy atom. The Bertz CT molecular complexity index is 170. The summed E-state index contributed by atoms with van der Waals surface area (Å²) in [5.74, 6) is 0.774. The molecule has 16 heavy (non-hydrogen) atoms. The first-order valence-electron chi connectivity index (χ1n) is 6.37. The van der Waals surface area contributed by atoms with Crippen LogP contribution in [0.2, 0.25) is 0 Å². The van der Waals surface area contributed by atoms with Crippen LogP contribution in [0.5, 0.6) is 0 Å². The van der Waals surface area contributed by atoms with Gasteiger partial charge in [0.2, 0.25) is 0 Å². The van der Waals surface area contributed by atoms with Crippen LogP contribution >= 0.6 is 0 Å². The van der Waals surface area contributed by atoms with Crippen molar-refractivity contribution in [2.45, 2.75) is 25.9 Å². The average Bonchev–Trinajstić information content (AvgIpc) is 2.29. The molecule has 0 spiro atoms. The van der Waals surface area contributed by atoms with E-state index in [-0.39, 0.29) is 6.10 Å². The molecule has 0 radical (unpaired) electrons. The van der Waals surface area contributed by atoms with Crippen LogP contribution in [0.3, 0.4) is 0 Å². The standard InChI is InChI=1S/C12H26N2O2/c1-3-16-10-12(15)9-13-8-11-4-6-14(2)7-5-11/h11-13,15H,3-10H2,1-2H3. The molecule has 1 heterocycles. The van der Waals surface area contributed by atoms with E-state index in [1.54, 1.807) is 0 Å². The maximum Gasteiger partial charge on any atom is 0.0897 e. The summed E-state index contributed by atoms with van der Waals surface area (Å²) in [4.78, 5) is 2.38. The lowest BCUT2D eigenvalue weighted by Crippen LogP contribution is -2.38. The second-order valence-corrected chi connectivity index (χ2v) is 4.72. The molecule has 0 aromatic heterocycles. The van der Waals surface area contributed by atoms with Crippen molar-refractivity contribution < 1.29 is 9.84 Å². The minimum absolute atomic E-state index is 0.369. The minimum Gasteiger partial charge on any atom is -0.389 e. The van der Waals surface area contributed by atoms with Gasteiger partial charge in [0.1, 0.15) is 0 Å². The van der Waals surface area contributed by atoms with Crippen molar-refractivity contribution in [2.24, 2.45) is 5.92 Å². The number of nitrogens with one attached hydrogen (secondary N) is 1. The van der Waals surface area contributed by atoms with Crippen LogP contribution in [0.25, 0.3) is 0 Å². The molecule has 2 N–H and O–H groups in total. The summed E-state index contributed by atoms with van der Waals surface area (Å²) in [5, 5.41) is 12.9. The molecule has 0 bridgehead atoms. The summed E-state index contributed by atoms with van der Waals surface area (Å²) in [7, 11) is 2.18. The van der Waals surface area contributed by atoms with Gasteiger partial charge in [-0.3, -0.25) is 0 Å². The highest BCUT2D eigenvalue weighted by Crippen LogP contribution is 2.14. The van der Waals surface area contributed by atoms with Crippen LogP contribution in [0.1, 0.15) is 19.8 Å². The smallest absolute Gasteiger partial charge is 0.0897 e. The number of aliphatic hydroxyl groups excluding tert-OH is 1. The summed E-state index contributed by atoms with van der Waals surface area (Å²) in [6.07, 6.45) is 2.17. The maximum atomic E-state index is 9.56. The number of aliphatic hydroxyl groups is 1. The van der Waals surface area contributed by atoms with Crippen molar-refractivity contribution >= 4 is 0 Å². The topological polar surface area (TPSA) is 44.7 Å². The largest absolute Gasteiger partial charge is 0.389 e. The number of hydrogen-bond acceptors (Lipinski definition) is 4. The Hall–Kier alpha value is -0.160. The van der Waals surface area contributed by atoms with Crippen LogP contribution in [-0.4, -0.2) is 62.6 Å². The van der Waals surface area contributed by atoms with E-state index in [2.05, 4.69) is 17.3 Å². The zero-order valence-corrected chi connectivity index (χ0v) is 10.6. The third kappa shape index (κ3) is 5.80. The molecule has 1 rings (SSSR count). The van der Waals surface area contributed by atoms with Gasteiger partial charge in [0.15, 0.2) is 0 Å². The molecule has 1 aliphatic rings. The predicted molar refractivity (Wildman–Crippen MR) is 65.6 cm³/mol. The molecule has 0 aromatic rings. The highest BCUT2D eigenvalue weighted by Gasteiger charge is 2.16. The summed E-state index contributed by atoms with van der Waals surface area (Å²) in [5.41, 5.74) is 0. The predicted octanol–water partition coefficient (Wildman–Crippen LogP) is 0.315. The maximum absolute atomic E-state index is 9.56. The van der Waals surface area contributed by atoms with Gasteiger partial charge in [0, 0.05) is 13.2 Å². The fourth-order valence-corrected chi connectivity index (χ4v) is 2.03. The molecule has 96 valence electrons. The van der Waals surface area contributed by atoms with Gasteiger partial charge in [0.25, 0.3) is 0 Å². The van der Waals surface area contributed by atoms with E-state index in [4.69, 9.17) is 4.74 Å². The van der Waals surface area contributed by atoms with E-state index >= 15 is 0 Å². The molecule has 1 unspecified atom stereocenters. The molecule has 4 heteroatoms. The van der Waals surface area contributed by atoms with Gasteiger partial charge in [-0.25, -0.2) is 0 Å². The molecule has 0 saturated carbocycles. The Morgan fingerprint density at radius 3 is 2.75 bits per heavy atom. The first-order valence-corrected chi connectivity index (χ1v) is 6.37. The third-order valence-corrected chi connectivity index (χ3v) is 3.17. The number of piperidine rings is 1. The highest BCUT2D eigenvalue weighted by molar-refractivity contribution is 4.72. The van der Waals surface area contributed by atoms with Crippen LogP contribution in [0.15, 0.2) is 0 Å². The molecular formula is C12H26N2O2. The van der Waals surface area contributed by atoms with Gasteiger partial charge in [-0.2, -0.15) is 0 Å². The lowest BCUT2D eigenvalue weighted by atomic mass is 9.97. The van der Waals surface area contributed by atoms with E-state index < -0.39 is 0 Å². The zero-order chi connectivity index (χ0) is 11.8. The van der Waals surface area contributed by atoms with Gasteiger partial charge >= 0.3 is 0 Å². The molecule has 1 fully saturated rings. The number of likely N-dealkylation sites (tertiary alicyclic amines) is 1. The monoisotopic (exact) mass is 230 g/mol. The fourth-order valence-electron chi connectivity index (χ4n) is 2.03. The Balaban J connectivity index is 1.98. The molecule has 0 aromatic carbocycles. The summed E-state index contributed by atoms with van der Waals surface area (Å²) in [6.45, 7) is 7.13. The number of rotatable bonds is 7. The van der Waals surface area contributed by atoms with Crippen LogP contribution < -0.4 is 5.32 Å². The van der Waals surface area contributed by atoms with Gasteiger partial charge in [-0.05, 0) is 52.4 Å². The Morgan fingerprint density at radius 2 is 2.12 bits per heavy atom.